The van der Waals surface area contributed by atoms with Gasteiger partial charge in [-0.15, -0.1) is 0 Å². The van der Waals surface area contributed by atoms with Gasteiger partial charge >= 0.3 is 5.97 Å². The molecule has 1 heterocycles. The Morgan fingerprint density at radius 3 is 2.89 bits per heavy atom. The van der Waals surface area contributed by atoms with E-state index in [2.05, 4.69) is 11.4 Å². The summed E-state index contributed by atoms with van der Waals surface area (Å²) >= 11 is 0. The number of rotatable bonds is 5. The molecule has 1 fully saturated rings. The minimum absolute atomic E-state index is 0.115. The SMILES string of the molecule is CC(C)(C#N)CCCN1CC(=O)NCC1C(=O)O. The molecule has 100 valence electrons. The van der Waals surface area contributed by atoms with Crippen molar-refractivity contribution in [2.45, 2.75) is 32.7 Å². The Morgan fingerprint density at radius 1 is 1.67 bits per heavy atom. The number of piperazine rings is 1. The Labute approximate surface area is 107 Å². The first-order chi connectivity index (χ1) is 8.35. The lowest BCUT2D eigenvalue weighted by Gasteiger charge is -2.33. The molecule has 0 aromatic heterocycles. The van der Waals surface area contributed by atoms with Crippen LogP contribution >= 0.6 is 0 Å². The fourth-order valence-electron chi connectivity index (χ4n) is 1.95. The average molecular weight is 253 g/mol. The smallest absolute Gasteiger partial charge is 0.322 e. The van der Waals surface area contributed by atoms with E-state index in [1.165, 1.54) is 0 Å². The number of carbonyl (C=O) groups is 2. The van der Waals surface area contributed by atoms with Crippen LogP contribution in [-0.2, 0) is 9.59 Å². The van der Waals surface area contributed by atoms with Gasteiger partial charge in [0.05, 0.1) is 18.0 Å². The molecule has 1 saturated heterocycles. The van der Waals surface area contributed by atoms with Crippen LogP contribution in [0.1, 0.15) is 26.7 Å². The van der Waals surface area contributed by atoms with Crippen molar-refractivity contribution in [2.75, 3.05) is 19.6 Å². The monoisotopic (exact) mass is 253 g/mol. The van der Waals surface area contributed by atoms with Crippen LogP contribution in [0, 0.1) is 16.7 Å². The maximum absolute atomic E-state index is 11.3. The number of carboxylic acids is 1. The molecule has 1 aliphatic heterocycles. The fraction of sp³-hybridized carbons (Fsp3) is 0.750. The predicted octanol–water partition coefficient (Wildman–Crippen LogP) is 0.201. The van der Waals surface area contributed by atoms with Gasteiger partial charge in [-0.3, -0.25) is 14.5 Å². The zero-order valence-electron chi connectivity index (χ0n) is 10.8. The fourth-order valence-corrected chi connectivity index (χ4v) is 1.95. The predicted molar refractivity (Wildman–Crippen MR) is 64.6 cm³/mol. The third-order valence-electron chi connectivity index (χ3n) is 3.11. The summed E-state index contributed by atoms with van der Waals surface area (Å²) in [7, 11) is 0. The molecule has 0 saturated carbocycles. The van der Waals surface area contributed by atoms with Crippen LogP contribution in [-0.4, -0.2) is 47.6 Å². The maximum atomic E-state index is 11.3. The Balaban J connectivity index is 2.50. The molecule has 1 aliphatic rings. The minimum atomic E-state index is -0.922. The molecule has 1 atom stereocenters. The normalized spacial score (nSPS) is 21.2. The molecule has 0 radical (unpaired) electrons. The van der Waals surface area contributed by atoms with Gasteiger partial charge in [-0.1, -0.05) is 0 Å². The average Bonchev–Trinajstić information content (AvgIpc) is 2.28. The summed E-state index contributed by atoms with van der Waals surface area (Å²) in [4.78, 5) is 24.0. The van der Waals surface area contributed by atoms with Crippen LogP contribution in [0.15, 0.2) is 0 Å². The van der Waals surface area contributed by atoms with Gasteiger partial charge in [0.25, 0.3) is 0 Å². The van der Waals surface area contributed by atoms with Crippen molar-refractivity contribution in [2.24, 2.45) is 5.41 Å². The Bertz CT molecular complexity index is 373. The van der Waals surface area contributed by atoms with Gasteiger partial charge in [0.2, 0.25) is 5.91 Å². The Kier molecular flexibility index (Phi) is 4.68. The van der Waals surface area contributed by atoms with E-state index >= 15 is 0 Å². The number of carbonyl (C=O) groups excluding carboxylic acids is 1. The van der Waals surface area contributed by atoms with Crippen molar-refractivity contribution in [3.8, 4) is 6.07 Å². The number of hydrogen-bond donors (Lipinski definition) is 2. The number of carboxylic acid groups (broad SMARTS) is 1. The second-order valence-electron chi connectivity index (χ2n) is 5.23. The van der Waals surface area contributed by atoms with Crippen molar-refractivity contribution in [3.63, 3.8) is 0 Å². The molecule has 6 nitrogen and oxygen atoms in total. The molecule has 0 aromatic carbocycles. The summed E-state index contributed by atoms with van der Waals surface area (Å²) in [5.41, 5.74) is -0.406. The highest BCUT2D eigenvalue weighted by Gasteiger charge is 2.31. The van der Waals surface area contributed by atoms with E-state index in [-0.39, 0.29) is 19.0 Å². The number of nitrogens with one attached hydrogen (secondary N) is 1. The van der Waals surface area contributed by atoms with Crippen molar-refractivity contribution in [3.05, 3.63) is 0 Å². The number of nitrogens with zero attached hydrogens (tertiary/aromatic N) is 2. The molecule has 1 rings (SSSR count). The summed E-state index contributed by atoms with van der Waals surface area (Å²) in [6.07, 6.45) is 1.39. The van der Waals surface area contributed by atoms with Gasteiger partial charge in [0.15, 0.2) is 0 Å². The molecule has 2 N–H and O–H groups in total. The van der Waals surface area contributed by atoms with Crippen LogP contribution < -0.4 is 5.32 Å². The largest absolute Gasteiger partial charge is 0.480 e. The number of amides is 1. The minimum Gasteiger partial charge on any atom is -0.480 e. The highest BCUT2D eigenvalue weighted by Crippen LogP contribution is 2.21. The summed E-state index contributed by atoms with van der Waals surface area (Å²) in [5, 5.41) is 20.5. The molecular weight excluding hydrogens is 234 g/mol. The standard InChI is InChI=1S/C12H19N3O3/c1-12(2,8-13)4-3-5-15-7-10(16)14-6-9(15)11(17)18/h9H,3-7H2,1-2H3,(H,14,16)(H,17,18). The van der Waals surface area contributed by atoms with Gasteiger partial charge in [0.1, 0.15) is 6.04 Å². The molecular formula is C12H19N3O3. The van der Waals surface area contributed by atoms with Crippen molar-refractivity contribution >= 4 is 11.9 Å². The first-order valence-corrected chi connectivity index (χ1v) is 6.00. The van der Waals surface area contributed by atoms with E-state index in [9.17, 15) is 9.59 Å². The van der Waals surface area contributed by atoms with Crippen molar-refractivity contribution in [1.82, 2.24) is 10.2 Å². The molecule has 0 aliphatic carbocycles. The zero-order chi connectivity index (χ0) is 13.8. The number of aliphatic carboxylic acids is 1. The molecule has 0 spiro atoms. The van der Waals surface area contributed by atoms with E-state index in [0.717, 1.165) is 0 Å². The van der Waals surface area contributed by atoms with Crippen LogP contribution in [0.5, 0.6) is 0 Å². The van der Waals surface area contributed by atoms with Gasteiger partial charge < -0.3 is 10.4 Å². The van der Waals surface area contributed by atoms with Crippen LogP contribution in [0.25, 0.3) is 0 Å². The number of hydrogen-bond acceptors (Lipinski definition) is 4. The summed E-state index contributed by atoms with van der Waals surface area (Å²) < 4.78 is 0. The zero-order valence-corrected chi connectivity index (χ0v) is 10.8. The first kappa shape index (κ1) is 14.5. The topological polar surface area (TPSA) is 93.4 Å². The van der Waals surface area contributed by atoms with E-state index in [0.29, 0.717) is 19.4 Å². The molecule has 1 amide bonds. The van der Waals surface area contributed by atoms with Gasteiger partial charge in [-0.05, 0) is 33.2 Å². The summed E-state index contributed by atoms with van der Waals surface area (Å²) in [6.45, 7) is 4.49. The van der Waals surface area contributed by atoms with E-state index < -0.39 is 17.4 Å². The quantitative estimate of drug-likeness (QED) is 0.730. The number of nitriles is 1. The van der Waals surface area contributed by atoms with Gasteiger partial charge in [-0.2, -0.15) is 5.26 Å². The molecule has 1 unspecified atom stereocenters. The van der Waals surface area contributed by atoms with Crippen molar-refractivity contribution < 1.29 is 14.7 Å². The van der Waals surface area contributed by atoms with Gasteiger partial charge in [0, 0.05) is 6.54 Å². The lowest BCUT2D eigenvalue weighted by molar-refractivity contribution is -0.146. The molecule has 18 heavy (non-hydrogen) atoms. The van der Waals surface area contributed by atoms with E-state index in [1.54, 1.807) is 4.90 Å². The second kappa shape index (κ2) is 5.83. The molecule has 0 bridgehead atoms. The van der Waals surface area contributed by atoms with Crippen LogP contribution in [0.4, 0.5) is 0 Å². The maximum Gasteiger partial charge on any atom is 0.322 e. The third kappa shape index (κ3) is 4.00. The lowest BCUT2D eigenvalue weighted by atomic mass is 9.89. The van der Waals surface area contributed by atoms with Crippen molar-refractivity contribution in [1.29, 1.82) is 5.26 Å². The highest BCUT2D eigenvalue weighted by molar-refractivity contribution is 5.83. The third-order valence-corrected chi connectivity index (χ3v) is 3.11. The van der Waals surface area contributed by atoms with Gasteiger partial charge in [-0.25, -0.2) is 0 Å². The highest BCUT2D eigenvalue weighted by atomic mass is 16.4. The van der Waals surface area contributed by atoms with Crippen LogP contribution in [0.2, 0.25) is 0 Å². The van der Waals surface area contributed by atoms with E-state index in [1.807, 2.05) is 13.8 Å². The Morgan fingerprint density at radius 2 is 2.33 bits per heavy atom. The summed E-state index contributed by atoms with van der Waals surface area (Å²) in [5.74, 6) is -1.07. The summed E-state index contributed by atoms with van der Waals surface area (Å²) in [6, 6.07) is 1.55. The first-order valence-electron chi connectivity index (χ1n) is 6.00. The molecule has 6 heteroatoms. The van der Waals surface area contributed by atoms with E-state index in [4.69, 9.17) is 10.4 Å². The second-order valence-corrected chi connectivity index (χ2v) is 5.23. The Hall–Kier alpha value is -1.61. The lowest BCUT2D eigenvalue weighted by Crippen LogP contribution is -2.57. The molecule has 0 aromatic rings. The van der Waals surface area contributed by atoms with Crippen LogP contribution in [0.3, 0.4) is 0 Å².